The summed E-state index contributed by atoms with van der Waals surface area (Å²) in [7, 11) is 0. The van der Waals surface area contributed by atoms with Crippen LogP contribution in [-0.4, -0.2) is 37.8 Å². The van der Waals surface area contributed by atoms with Crippen molar-refractivity contribution in [3.05, 3.63) is 33.3 Å². The summed E-state index contributed by atoms with van der Waals surface area (Å²) in [6.45, 7) is 6.39. The third kappa shape index (κ3) is 2.77. The van der Waals surface area contributed by atoms with E-state index in [1.807, 2.05) is 0 Å². The maximum atomic E-state index is 5.61. The second-order valence-corrected chi connectivity index (χ2v) is 5.81. The minimum atomic E-state index is 0.766. The van der Waals surface area contributed by atoms with Crippen molar-refractivity contribution in [3.8, 4) is 0 Å². The minimum Gasteiger partial charge on any atom is -0.379 e. The molecule has 1 aromatic rings. The second kappa shape index (κ2) is 5.70. The summed E-state index contributed by atoms with van der Waals surface area (Å²) in [4.78, 5) is 2.46. The molecule has 98 valence electrons. The van der Waals surface area contributed by atoms with Gasteiger partial charge in [0.1, 0.15) is 0 Å². The Morgan fingerprint density at radius 1 is 1.11 bits per heavy atom. The molecule has 0 bridgehead atoms. The number of hydrogen-bond donors (Lipinski definition) is 0. The van der Waals surface area contributed by atoms with Gasteiger partial charge in [-0.2, -0.15) is 0 Å². The molecule has 1 fully saturated rings. The van der Waals surface area contributed by atoms with Crippen LogP contribution in [0.5, 0.6) is 0 Å². The molecule has 0 aliphatic carbocycles. The van der Waals surface area contributed by atoms with Crippen LogP contribution in [0, 0.1) is 0 Å². The van der Waals surface area contributed by atoms with Gasteiger partial charge in [0, 0.05) is 24.1 Å². The first-order valence-electron chi connectivity index (χ1n) is 6.51. The van der Waals surface area contributed by atoms with Gasteiger partial charge < -0.3 is 9.47 Å². The van der Waals surface area contributed by atoms with Crippen LogP contribution in [0.4, 0.5) is 0 Å². The summed E-state index contributed by atoms with van der Waals surface area (Å²) in [6, 6.07) is 4.48. The van der Waals surface area contributed by atoms with Gasteiger partial charge in [0.15, 0.2) is 0 Å². The zero-order valence-corrected chi connectivity index (χ0v) is 12.0. The number of morpholine rings is 1. The average molecular weight is 312 g/mol. The smallest absolute Gasteiger partial charge is 0.0722 e. The van der Waals surface area contributed by atoms with Crippen LogP contribution in [0.3, 0.4) is 0 Å². The minimum absolute atomic E-state index is 0.766. The van der Waals surface area contributed by atoms with Gasteiger partial charge in [-0.1, -0.05) is 15.9 Å². The average Bonchev–Trinajstić information content (AvgIpc) is 2.40. The Labute approximate surface area is 116 Å². The first-order valence-corrected chi connectivity index (χ1v) is 7.30. The highest BCUT2D eigenvalue weighted by atomic mass is 79.9. The first kappa shape index (κ1) is 12.6. The van der Waals surface area contributed by atoms with E-state index >= 15 is 0 Å². The quantitative estimate of drug-likeness (QED) is 0.837. The lowest BCUT2D eigenvalue weighted by Crippen LogP contribution is -2.36. The second-order valence-electron chi connectivity index (χ2n) is 4.89. The van der Waals surface area contributed by atoms with Crippen molar-refractivity contribution in [1.82, 2.24) is 4.90 Å². The fourth-order valence-electron chi connectivity index (χ4n) is 2.66. The van der Waals surface area contributed by atoms with E-state index in [0.717, 1.165) is 52.5 Å². The van der Waals surface area contributed by atoms with Gasteiger partial charge in [-0.25, -0.2) is 0 Å². The van der Waals surface area contributed by atoms with Crippen molar-refractivity contribution in [2.75, 3.05) is 32.9 Å². The summed E-state index contributed by atoms with van der Waals surface area (Å²) < 4.78 is 12.2. The van der Waals surface area contributed by atoms with Gasteiger partial charge >= 0.3 is 0 Å². The van der Waals surface area contributed by atoms with E-state index in [1.54, 1.807) is 0 Å². The van der Waals surface area contributed by atoms with E-state index in [4.69, 9.17) is 9.47 Å². The van der Waals surface area contributed by atoms with Crippen molar-refractivity contribution in [2.45, 2.75) is 19.6 Å². The molecule has 0 aromatic heterocycles. The van der Waals surface area contributed by atoms with Gasteiger partial charge in [-0.05, 0) is 35.2 Å². The number of fused-ring (bicyclic) bond motifs is 1. The van der Waals surface area contributed by atoms with Crippen LogP contribution in [-0.2, 0) is 29.0 Å². The van der Waals surface area contributed by atoms with Gasteiger partial charge in [-0.3, -0.25) is 4.90 Å². The summed E-state index contributed by atoms with van der Waals surface area (Å²) >= 11 is 3.62. The number of ether oxygens (including phenoxy) is 2. The third-order valence-electron chi connectivity index (χ3n) is 3.66. The summed E-state index contributed by atoms with van der Waals surface area (Å²) in [5.74, 6) is 0. The standard InChI is InChI=1S/C14H18BrNO2/c15-13-7-11-1-4-18-10-14(11)12(8-13)9-16-2-5-17-6-3-16/h7-8H,1-6,9-10H2. The molecule has 2 heterocycles. The SMILES string of the molecule is Brc1cc2c(c(CN3CCOCC3)c1)COCC2. The van der Waals surface area contributed by atoms with E-state index in [0.29, 0.717) is 0 Å². The van der Waals surface area contributed by atoms with Crippen LogP contribution >= 0.6 is 15.9 Å². The molecule has 2 aliphatic rings. The van der Waals surface area contributed by atoms with Gasteiger partial charge in [-0.15, -0.1) is 0 Å². The van der Waals surface area contributed by atoms with E-state index in [2.05, 4.69) is 33.0 Å². The molecule has 18 heavy (non-hydrogen) atoms. The Balaban J connectivity index is 1.83. The molecular formula is C14H18BrNO2. The Bertz CT molecular complexity index is 430. The molecule has 0 N–H and O–H groups in total. The molecule has 3 nitrogen and oxygen atoms in total. The monoisotopic (exact) mass is 311 g/mol. The largest absolute Gasteiger partial charge is 0.379 e. The summed E-state index contributed by atoms with van der Waals surface area (Å²) in [5.41, 5.74) is 4.25. The van der Waals surface area contributed by atoms with Crippen LogP contribution < -0.4 is 0 Å². The molecule has 0 saturated carbocycles. The summed E-state index contributed by atoms with van der Waals surface area (Å²) in [6.07, 6.45) is 1.03. The van der Waals surface area contributed by atoms with E-state index in [-0.39, 0.29) is 0 Å². The molecule has 0 radical (unpaired) electrons. The van der Waals surface area contributed by atoms with Crippen LogP contribution in [0.25, 0.3) is 0 Å². The molecular weight excluding hydrogens is 294 g/mol. The molecule has 1 saturated heterocycles. The third-order valence-corrected chi connectivity index (χ3v) is 4.12. The highest BCUT2D eigenvalue weighted by molar-refractivity contribution is 9.10. The first-order chi connectivity index (χ1) is 8.83. The molecule has 0 unspecified atom stereocenters. The fourth-order valence-corrected chi connectivity index (χ4v) is 3.21. The highest BCUT2D eigenvalue weighted by Gasteiger charge is 2.18. The van der Waals surface area contributed by atoms with E-state index in [9.17, 15) is 0 Å². The van der Waals surface area contributed by atoms with Gasteiger partial charge in [0.25, 0.3) is 0 Å². The molecule has 1 aromatic carbocycles. The highest BCUT2D eigenvalue weighted by Crippen LogP contribution is 2.27. The zero-order valence-electron chi connectivity index (χ0n) is 10.5. The lowest BCUT2D eigenvalue weighted by atomic mass is 9.97. The van der Waals surface area contributed by atoms with Crippen LogP contribution in [0.1, 0.15) is 16.7 Å². The fraction of sp³-hybridized carbons (Fsp3) is 0.571. The predicted molar refractivity (Wildman–Crippen MR) is 73.6 cm³/mol. The van der Waals surface area contributed by atoms with Crippen molar-refractivity contribution >= 4 is 15.9 Å². The van der Waals surface area contributed by atoms with Crippen LogP contribution in [0.15, 0.2) is 16.6 Å². The molecule has 0 spiro atoms. The lowest BCUT2D eigenvalue weighted by Gasteiger charge is -2.29. The maximum Gasteiger partial charge on any atom is 0.0722 e. The Morgan fingerprint density at radius 3 is 2.78 bits per heavy atom. The van der Waals surface area contributed by atoms with Gasteiger partial charge in [0.05, 0.1) is 26.4 Å². The van der Waals surface area contributed by atoms with Crippen molar-refractivity contribution in [2.24, 2.45) is 0 Å². The van der Waals surface area contributed by atoms with E-state index in [1.165, 1.54) is 21.2 Å². The zero-order chi connectivity index (χ0) is 12.4. The number of hydrogen-bond acceptors (Lipinski definition) is 3. The molecule has 0 atom stereocenters. The number of halogens is 1. The normalized spacial score (nSPS) is 20.7. The topological polar surface area (TPSA) is 21.7 Å². The maximum absolute atomic E-state index is 5.61. The van der Waals surface area contributed by atoms with Crippen LogP contribution in [0.2, 0.25) is 0 Å². The van der Waals surface area contributed by atoms with Crippen molar-refractivity contribution in [3.63, 3.8) is 0 Å². The number of nitrogens with zero attached hydrogens (tertiary/aromatic N) is 1. The Hall–Kier alpha value is -0.420. The molecule has 4 heteroatoms. The lowest BCUT2D eigenvalue weighted by molar-refractivity contribution is 0.0335. The van der Waals surface area contributed by atoms with Crippen molar-refractivity contribution < 1.29 is 9.47 Å². The molecule has 3 rings (SSSR count). The number of benzene rings is 1. The van der Waals surface area contributed by atoms with Crippen molar-refractivity contribution in [1.29, 1.82) is 0 Å². The van der Waals surface area contributed by atoms with Gasteiger partial charge in [0.2, 0.25) is 0 Å². The summed E-state index contributed by atoms with van der Waals surface area (Å²) in [5, 5.41) is 0. The predicted octanol–water partition coefficient (Wildman–Crippen LogP) is 2.35. The van der Waals surface area contributed by atoms with E-state index < -0.39 is 0 Å². The molecule has 0 amide bonds. The Kier molecular flexibility index (Phi) is 3.99. The molecule has 2 aliphatic heterocycles. The number of rotatable bonds is 2. The Morgan fingerprint density at radius 2 is 1.94 bits per heavy atom.